The lowest BCUT2D eigenvalue weighted by atomic mass is 9.80. The Morgan fingerprint density at radius 1 is 1.36 bits per heavy atom. The molecule has 1 amide bonds. The van der Waals surface area contributed by atoms with Gasteiger partial charge < -0.3 is 16.5 Å². The fraction of sp³-hybridized carbons (Fsp3) is 0.412. The van der Waals surface area contributed by atoms with Crippen LogP contribution in [0.3, 0.4) is 0 Å². The Morgan fingerprint density at radius 2 is 2.14 bits per heavy atom. The fourth-order valence-corrected chi connectivity index (χ4v) is 3.65. The number of hydrogen-bond acceptors (Lipinski definition) is 3. The highest BCUT2D eigenvalue weighted by Crippen LogP contribution is 2.43. The van der Waals surface area contributed by atoms with Gasteiger partial charge in [-0.25, -0.2) is 4.98 Å². The van der Waals surface area contributed by atoms with E-state index in [1.54, 1.807) is 12.5 Å². The molecule has 1 fully saturated rings. The number of amides is 1. The number of para-hydroxylation sites is 1. The molecule has 1 atom stereocenters. The van der Waals surface area contributed by atoms with E-state index < -0.39 is 0 Å². The van der Waals surface area contributed by atoms with Crippen LogP contribution in [0.25, 0.3) is 11.3 Å². The molecular formula is C17H22N4O. The molecule has 116 valence electrons. The van der Waals surface area contributed by atoms with Crippen molar-refractivity contribution >= 4 is 11.6 Å². The molecule has 0 saturated heterocycles. The van der Waals surface area contributed by atoms with E-state index in [1.165, 1.54) is 12.8 Å². The average Bonchev–Trinajstić information content (AvgIpc) is 3.18. The number of rotatable bonds is 5. The highest BCUT2D eigenvalue weighted by Gasteiger charge is 2.29. The molecular weight excluding hydrogens is 276 g/mol. The van der Waals surface area contributed by atoms with Gasteiger partial charge in [0.05, 0.1) is 18.2 Å². The number of benzene rings is 1. The summed E-state index contributed by atoms with van der Waals surface area (Å²) < 4.78 is 0. The number of aromatic nitrogens is 2. The summed E-state index contributed by atoms with van der Waals surface area (Å²) in [6, 6.07) is 5.99. The maximum absolute atomic E-state index is 11.5. The molecule has 1 aromatic heterocycles. The van der Waals surface area contributed by atoms with Crippen molar-refractivity contribution in [2.75, 3.05) is 5.73 Å². The van der Waals surface area contributed by atoms with Crippen LogP contribution in [0.2, 0.25) is 0 Å². The molecule has 1 heterocycles. The summed E-state index contributed by atoms with van der Waals surface area (Å²) in [7, 11) is 0. The van der Waals surface area contributed by atoms with Crippen molar-refractivity contribution < 1.29 is 4.79 Å². The average molecular weight is 298 g/mol. The standard InChI is InChI=1S/C17H22N4O/c18-16(22)8-14(11-4-1-2-5-11)12-6-3-7-13(17(12)19)15-9-20-10-21-15/h3,6-7,9-11,14H,1-2,4-5,8,19H2,(H2,18,22)(H,20,21). The monoisotopic (exact) mass is 298 g/mol. The van der Waals surface area contributed by atoms with E-state index in [4.69, 9.17) is 11.5 Å². The molecule has 0 bridgehead atoms. The molecule has 5 N–H and O–H groups in total. The van der Waals surface area contributed by atoms with Crippen LogP contribution in [0.4, 0.5) is 5.69 Å². The predicted octanol–water partition coefficient (Wildman–Crippen LogP) is 2.81. The van der Waals surface area contributed by atoms with Gasteiger partial charge in [-0.1, -0.05) is 31.0 Å². The lowest BCUT2D eigenvalue weighted by Gasteiger charge is -2.25. The normalized spacial score (nSPS) is 16.7. The van der Waals surface area contributed by atoms with E-state index in [0.717, 1.165) is 35.3 Å². The summed E-state index contributed by atoms with van der Waals surface area (Å²) in [4.78, 5) is 18.7. The number of nitrogens with two attached hydrogens (primary N) is 2. The van der Waals surface area contributed by atoms with Gasteiger partial charge in [0.15, 0.2) is 0 Å². The minimum absolute atomic E-state index is 0.114. The Labute approximate surface area is 130 Å². The van der Waals surface area contributed by atoms with Crippen molar-refractivity contribution in [2.24, 2.45) is 11.7 Å². The van der Waals surface area contributed by atoms with Gasteiger partial charge in [0.2, 0.25) is 5.91 Å². The second-order valence-electron chi connectivity index (χ2n) is 6.10. The van der Waals surface area contributed by atoms with Gasteiger partial charge in [-0.3, -0.25) is 4.79 Å². The van der Waals surface area contributed by atoms with Crippen LogP contribution in [0, 0.1) is 5.92 Å². The zero-order chi connectivity index (χ0) is 15.5. The van der Waals surface area contributed by atoms with Crippen LogP contribution in [-0.2, 0) is 4.79 Å². The van der Waals surface area contributed by atoms with E-state index in [9.17, 15) is 4.79 Å². The fourth-order valence-electron chi connectivity index (χ4n) is 3.65. The Hall–Kier alpha value is -2.30. The number of imidazole rings is 1. The van der Waals surface area contributed by atoms with Crippen molar-refractivity contribution in [1.29, 1.82) is 0 Å². The van der Waals surface area contributed by atoms with Crippen molar-refractivity contribution in [3.05, 3.63) is 36.3 Å². The smallest absolute Gasteiger partial charge is 0.218 e. The summed E-state index contributed by atoms with van der Waals surface area (Å²) in [6.07, 6.45) is 8.49. The molecule has 0 spiro atoms. The molecule has 1 aliphatic carbocycles. The zero-order valence-corrected chi connectivity index (χ0v) is 12.6. The number of carbonyl (C=O) groups excluding carboxylic acids is 1. The van der Waals surface area contributed by atoms with Gasteiger partial charge in [-0.2, -0.15) is 0 Å². The third kappa shape index (κ3) is 2.84. The van der Waals surface area contributed by atoms with Gasteiger partial charge >= 0.3 is 0 Å². The summed E-state index contributed by atoms with van der Waals surface area (Å²) >= 11 is 0. The second kappa shape index (κ2) is 6.22. The molecule has 1 saturated carbocycles. The summed E-state index contributed by atoms with van der Waals surface area (Å²) in [5.74, 6) is 0.345. The second-order valence-corrected chi connectivity index (χ2v) is 6.10. The Bertz CT molecular complexity index is 645. The quantitative estimate of drug-likeness (QED) is 0.740. The van der Waals surface area contributed by atoms with E-state index in [2.05, 4.69) is 9.97 Å². The number of aromatic amines is 1. The molecule has 1 aliphatic rings. The van der Waals surface area contributed by atoms with Gasteiger partial charge in [0.25, 0.3) is 0 Å². The van der Waals surface area contributed by atoms with Crippen molar-refractivity contribution in [3.8, 4) is 11.3 Å². The van der Waals surface area contributed by atoms with Crippen molar-refractivity contribution in [2.45, 2.75) is 38.0 Å². The Morgan fingerprint density at radius 3 is 2.77 bits per heavy atom. The van der Waals surface area contributed by atoms with Crippen LogP contribution in [0.15, 0.2) is 30.7 Å². The Balaban J connectivity index is 2.00. The van der Waals surface area contributed by atoms with Crippen molar-refractivity contribution in [3.63, 3.8) is 0 Å². The summed E-state index contributed by atoms with van der Waals surface area (Å²) in [6.45, 7) is 0. The number of nitrogen functional groups attached to an aromatic ring is 1. The SMILES string of the molecule is NC(=O)CC(c1cccc(-c2cnc[nH]2)c1N)C1CCCC1. The van der Waals surface area contributed by atoms with Crippen LogP contribution in [0.1, 0.15) is 43.6 Å². The van der Waals surface area contributed by atoms with Crippen molar-refractivity contribution in [1.82, 2.24) is 9.97 Å². The molecule has 0 radical (unpaired) electrons. The third-order valence-corrected chi connectivity index (χ3v) is 4.72. The molecule has 0 aliphatic heterocycles. The van der Waals surface area contributed by atoms with E-state index in [0.29, 0.717) is 12.3 Å². The van der Waals surface area contributed by atoms with Gasteiger partial charge in [0, 0.05) is 17.7 Å². The number of anilines is 1. The number of nitrogens with one attached hydrogen (secondary N) is 1. The minimum Gasteiger partial charge on any atom is -0.398 e. The largest absolute Gasteiger partial charge is 0.398 e. The molecule has 1 unspecified atom stereocenters. The van der Waals surface area contributed by atoms with E-state index in [1.807, 2.05) is 18.2 Å². The number of primary amides is 1. The zero-order valence-electron chi connectivity index (χ0n) is 12.6. The number of carbonyl (C=O) groups is 1. The maximum Gasteiger partial charge on any atom is 0.218 e. The molecule has 2 aromatic rings. The number of hydrogen-bond donors (Lipinski definition) is 3. The first kappa shape index (κ1) is 14.6. The highest BCUT2D eigenvalue weighted by molar-refractivity contribution is 5.79. The molecule has 22 heavy (non-hydrogen) atoms. The number of nitrogens with zero attached hydrogens (tertiary/aromatic N) is 1. The topological polar surface area (TPSA) is 97.8 Å². The number of H-pyrrole nitrogens is 1. The third-order valence-electron chi connectivity index (χ3n) is 4.72. The highest BCUT2D eigenvalue weighted by atomic mass is 16.1. The maximum atomic E-state index is 11.5. The minimum atomic E-state index is -0.261. The van der Waals surface area contributed by atoms with Crippen LogP contribution < -0.4 is 11.5 Å². The van der Waals surface area contributed by atoms with Gasteiger partial charge in [-0.05, 0) is 30.2 Å². The predicted molar refractivity (Wildman–Crippen MR) is 86.9 cm³/mol. The lowest BCUT2D eigenvalue weighted by molar-refractivity contribution is -0.118. The Kier molecular flexibility index (Phi) is 4.13. The van der Waals surface area contributed by atoms with Crippen LogP contribution in [-0.4, -0.2) is 15.9 Å². The molecule has 1 aromatic carbocycles. The summed E-state index contributed by atoms with van der Waals surface area (Å²) in [5, 5.41) is 0. The molecule has 5 nitrogen and oxygen atoms in total. The van der Waals surface area contributed by atoms with Gasteiger partial charge in [-0.15, -0.1) is 0 Å². The first-order chi connectivity index (χ1) is 10.7. The summed E-state index contributed by atoms with van der Waals surface area (Å²) in [5.41, 5.74) is 15.5. The molecule has 5 heteroatoms. The molecule has 3 rings (SSSR count). The van der Waals surface area contributed by atoms with E-state index >= 15 is 0 Å². The van der Waals surface area contributed by atoms with Crippen LogP contribution in [0.5, 0.6) is 0 Å². The first-order valence-corrected chi connectivity index (χ1v) is 7.82. The first-order valence-electron chi connectivity index (χ1n) is 7.82. The van der Waals surface area contributed by atoms with Gasteiger partial charge in [0.1, 0.15) is 0 Å². The van der Waals surface area contributed by atoms with Crippen LogP contribution >= 0.6 is 0 Å². The lowest BCUT2D eigenvalue weighted by Crippen LogP contribution is -2.21. The van der Waals surface area contributed by atoms with E-state index in [-0.39, 0.29) is 11.8 Å².